The van der Waals surface area contributed by atoms with Crippen molar-refractivity contribution in [1.82, 2.24) is 20.1 Å². The Morgan fingerprint density at radius 2 is 1.73 bits per heavy atom. The van der Waals surface area contributed by atoms with Crippen LogP contribution in [0.2, 0.25) is 0 Å². The van der Waals surface area contributed by atoms with Crippen LogP contribution in [0.25, 0.3) is 5.69 Å². The smallest absolute Gasteiger partial charge is 0.336 e. The van der Waals surface area contributed by atoms with Crippen molar-refractivity contribution >= 4 is 29.4 Å². The molecular formula is C29H29FN6O5. The SMILES string of the molecule is CNC(=O)c1cc(Oc2ccc(NC(=O)Nc3cc(C(C)(C)C)nn3-c3cccc(C(=O)O)c3C)c(F)c2)ccn1. The third-order valence-corrected chi connectivity index (χ3v) is 6.10. The number of carbonyl (C=O) groups is 3. The Kier molecular flexibility index (Phi) is 8.03. The van der Waals surface area contributed by atoms with Crippen LogP contribution in [0.5, 0.6) is 11.5 Å². The Balaban J connectivity index is 1.55. The van der Waals surface area contributed by atoms with E-state index in [9.17, 15) is 23.9 Å². The highest BCUT2D eigenvalue weighted by Crippen LogP contribution is 2.29. The topological polar surface area (TPSA) is 147 Å². The summed E-state index contributed by atoms with van der Waals surface area (Å²) in [6.45, 7) is 7.52. The molecule has 4 rings (SSSR count). The Bertz CT molecular complexity index is 1640. The zero-order chi connectivity index (χ0) is 29.9. The Morgan fingerprint density at radius 1 is 1.00 bits per heavy atom. The fraction of sp³-hybridized carbons (Fsp3) is 0.207. The Hall–Kier alpha value is -5.26. The molecule has 0 fully saturated rings. The summed E-state index contributed by atoms with van der Waals surface area (Å²) in [7, 11) is 1.48. The molecule has 11 nitrogen and oxygen atoms in total. The summed E-state index contributed by atoms with van der Waals surface area (Å²) >= 11 is 0. The van der Waals surface area contributed by atoms with Gasteiger partial charge in [0, 0.05) is 36.9 Å². The number of benzene rings is 2. The Labute approximate surface area is 235 Å². The van der Waals surface area contributed by atoms with Gasteiger partial charge in [-0.25, -0.2) is 18.7 Å². The van der Waals surface area contributed by atoms with Crippen molar-refractivity contribution in [3.8, 4) is 17.2 Å². The lowest BCUT2D eigenvalue weighted by Gasteiger charge is -2.15. The molecule has 2 aromatic heterocycles. The molecule has 0 unspecified atom stereocenters. The largest absolute Gasteiger partial charge is 0.478 e. The first-order chi connectivity index (χ1) is 19.4. The molecule has 41 heavy (non-hydrogen) atoms. The number of carboxylic acid groups (broad SMARTS) is 1. The molecule has 0 aliphatic rings. The van der Waals surface area contributed by atoms with Crippen LogP contribution in [-0.4, -0.2) is 44.8 Å². The normalized spacial score (nSPS) is 11.1. The van der Waals surface area contributed by atoms with Gasteiger partial charge in [-0.05, 0) is 42.8 Å². The summed E-state index contributed by atoms with van der Waals surface area (Å²) in [5, 5.41) is 21.8. The second-order valence-electron chi connectivity index (χ2n) is 10.1. The van der Waals surface area contributed by atoms with Crippen LogP contribution in [0.3, 0.4) is 0 Å². The molecule has 12 heteroatoms. The van der Waals surface area contributed by atoms with Crippen molar-refractivity contribution in [2.24, 2.45) is 0 Å². The van der Waals surface area contributed by atoms with Gasteiger partial charge in [0.25, 0.3) is 5.91 Å². The van der Waals surface area contributed by atoms with Crippen molar-refractivity contribution < 1.29 is 28.6 Å². The molecule has 4 aromatic rings. The van der Waals surface area contributed by atoms with Crippen LogP contribution in [0.1, 0.15) is 52.9 Å². The first kappa shape index (κ1) is 28.7. The van der Waals surface area contributed by atoms with E-state index in [1.807, 2.05) is 20.8 Å². The number of urea groups is 1. The number of hydrogen-bond acceptors (Lipinski definition) is 6. The number of anilines is 2. The van der Waals surface area contributed by atoms with Gasteiger partial charge in [-0.1, -0.05) is 26.8 Å². The first-order valence-electron chi connectivity index (χ1n) is 12.5. The number of carboxylic acids is 1. The average molecular weight is 561 g/mol. The first-order valence-corrected chi connectivity index (χ1v) is 12.5. The van der Waals surface area contributed by atoms with E-state index in [-0.39, 0.29) is 39.7 Å². The van der Waals surface area contributed by atoms with Crippen molar-refractivity contribution in [3.05, 3.63) is 89.1 Å². The second-order valence-corrected chi connectivity index (χ2v) is 10.1. The number of hydrogen-bond donors (Lipinski definition) is 4. The summed E-state index contributed by atoms with van der Waals surface area (Å²) in [5.41, 5.74) is 1.34. The fourth-order valence-corrected chi connectivity index (χ4v) is 3.90. The number of halogens is 1. The number of ether oxygens (including phenoxy) is 1. The molecule has 0 aliphatic heterocycles. The van der Waals surface area contributed by atoms with Gasteiger partial charge < -0.3 is 20.5 Å². The summed E-state index contributed by atoms with van der Waals surface area (Å²) in [6.07, 6.45) is 1.39. The van der Waals surface area contributed by atoms with Crippen LogP contribution in [0.15, 0.2) is 60.8 Å². The van der Waals surface area contributed by atoms with Crippen LogP contribution >= 0.6 is 0 Å². The zero-order valence-electron chi connectivity index (χ0n) is 23.1. The lowest BCUT2D eigenvalue weighted by atomic mass is 9.92. The minimum absolute atomic E-state index is 0.103. The number of aromatic carboxylic acids is 1. The van der Waals surface area contributed by atoms with Gasteiger partial charge in [0.05, 0.1) is 22.6 Å². The van der Waals surface area contributed by atoms with E-state index in [0.717, 1.165) is 6.07 Å². The molecule has 2 heterocycles. The molecule has 212 valence electrons. The molecular weight excluding hydrogens is 531 g/mol. The molecule has 0 saturated heterocycles. The van der Waals surface area contributed by atoms with E-state index in [2.05, 4.69) is 26.0 Å². The number of rotatable bonds is 7. The molecule has 0 bridgehead atoms. The standard InChI is InChI=1S/C29H29FN6O5/c1-16-19(27(38)39)7-6-8-23(16)36-25(15-24(35-36)29(2,3)4)34-28(40)33-21-10-9-17(13-20(21)30)41-18-11-12-32-22(14-18)26(37)31-5/h6-15H,1-5H3,(H,31,37)(H,38,39)(H2,33,34,40). The molecule has 0 radical (unpaired) electrons. The van der Waals surface area contributed by atoms with Gasteiger partial charge in [-0.3, -0.25) is 15.1 Å². The zero-order valence-corrected chi connectivity index (χ0v) is 23.1. The van der Waals surface area contributed by atoms with Crippen LogP contribution in [-0.2, 0) is 5.41 Å². The highest BCUT2D eigenvalue weighted by Gasteiger charge is 2.23. The third kappa shape index (κ3) is 6.49. The van der Waals surface area contributed by atoms with Gasteiger partial charge in [-0.15, -0.1) is 0 Å². The number of carbonyl (C=O) groups excluding carboxylic acids is 2. The van der Waals surface area contributed by atoms with E-state index in [0.29, 0.717) is 16.9 Å². The van der Waals surface area contributed by atoms with E-state index in [1.54, 1.807) is 25.1 Å². The van der Waals surface area contributed by atoms with Crippen molar-refractivity contribution in [2.75, 3.05) is 17.7 Å². The molecule has 2 aromatic carbocycles. The second kappa shape index (κ2) is 11.5. The maximum absolute atomic E-state index is 14.9. The van der Waals surface area contributed by atoms with E-state index in [4.69, 9.17) is 4.74 Å². The van der Waals surface area contributed by atoms with Gasteiger partial charge in [-0.2, -0.15) is 5.10 Å². The van der Waals surface area contributed by atoms with E-state index >= 15 is 0 Å². The molecule has 0 saturated carbocycles. The summed E-state index contributed by atoms with van der Waals surface area (Å²) < 4.78 is 22.0. The van der Waals surface area contributed by atoms with Crippen LogP contribution in [0.4, 0.5) is 20.7 Å². The Morgan fingerprint density at radius 3 is 2.39 bits per heavy atom. The highest BCUT2D eigenvalue weighted by atomic mass is 19.1. The van der Waals surface area contributed by atoms with E-state index < -0.39 is 23.7 Å². The third-order valence-electron chi connectivity index (χ3n) is 6.10. The van der Waals surface area contributed by atoms with Gasteiger partial charge in [0.2, 0.25) is 0 Å². The van der Waals surface area contributed by atoms with Gasteiger partial charge in [0.15, 0.2) is 0 Å². The minimum atomic E-state index is -1.08. The monoisotopic (exact) mass is 560 g/mol. The summed E-state index contributed by atoms with van der Waals surface area (Å²) in [5.74, 6) is -1.55. The number of aromatic nitrogens is 3. The van der Waals surface area contributed by atoms with Crippen molar-refractivity contribution in [2.45, 2.75) is 33.1 Å². The highest BCUT2D eigenvalue weighted by molar-refractivity contribution is 5.99. The number of nitrogens with zero attached hydrogens (tertiary/aromatic N) is 3. The lowest BCUT2D eigenvalue weighted by molar-refractivity contribution is 0.0695. The fourth-order valence-electron chi connectivity index (χ4n) is 3.90. The molecule has 3 amide bonds. The van der Waals surface area contributed by atoms with Crippen LogP contribution in [0, 0.1) is 12.7 Å². The average Bonchev–Trinajstić information content (AvgIpc) is 3.34. The summed E-state index contributed by atoms with van der Waals surface area (Å²) in [4.78, 5) is 40.4. The van der Waals surface area contributed by atoms with Gasteiger partial charge in [0.1, 0.15) is 28.8 Å². The quantitative estimate of drug-likeness (QED) is 0.233. The maximum atomic E-state index is 14.9. The number of amides is 3. The summed E-state index contributed by atoms with van der Waals surface area (Å²) in [6, 6.07) is 12.6. The van der Waals surface area contributed by atoms with E-state index in [1.165, 1.54) is 48.3 Å². The molecule has 0 atom stereocenters. The predicted molar refractivity (Wildman–Crippen MR) is 151 cm³/mol. The molecule has 0 spiro atoms. The molecule has 4 N–H and O–H groups in total. The number of pyridine rings is 1. The minimum Gasteiger partial charge on any atom is -0.478 e. The van der Waals surface area contributed by atoms with Crippen LogP contribution < -0.4 is 20.7 Å². The maximum Gasteiger partial charge on any atom is 0.336 e. The van der Waals surface area contributed by atoms with Crippen molar-refractivity contribution in [1.29, 1.82) is 0 Å². The van der Waals surface area contributed by atoms with Crippen molar-refractivity contribution in [3.63, 3.8) is 0 Å². The van der Waals surface area contributed by atoms with Gasteiger partial charge >= 0.3 is 12.0 Å². The molecule has 0 aliphatic carbocycles. The number of nitrogens with one attached hydrogen (secondary N) is 3. The lowest BCUT2D eigenvalue weighted by Crippen LogP contribution is -2.22. The predicted octanol–water partition coefficient (Wildman–Crippen LogP) is 5.51.